The van der Waals surface area contributed by atoms with Gasteiger partial charge >= 0.3 is 0 Å². The molecule has 0 unspecified atom stereocenters. The number of carbonyl (C=O) groups excluding carboxylic acids is 2. The molecule has 0 saturated carbocycles. The quantitative estimate of drug-likeness (QED) is 0.474. The Morgan fingerprint density at radius 1 is 1.08 bits per heavy atom. The number of carbonyl (C=O) groups is 2. The monoisotopic (exact) mass is 491 g/mol. The molecular formula is C27H33N5O4. The molecule has 0 bridgehead atoms. The van der Waals surface area contributed by atoms with E-state index in [1.54, 1.807) is 24.1 Å². The number of anilines is 1. The molecule has 0 aliphatic carbocycles. The van der Waals surface area contributed by atoms with E-state index in [9.17, 15) is 9.59 Å². The van der Waals surface area contributed by atoms with Crippen LogP contribution in [-0.2, 0) is 4.79 Å². The van der Waals surface area contributed by atoms with Crippen LogP contribution in [0.1, 0.15) is 37.2 Å². The molecule has 0 N–H and O–H groups in total. The predicted octanol–water partition coefficient (Wildman–Crippen LogP) is 3.72. The summed E-state index contributed by atoms with van der Waals surface area (Å²) >= 11 is 0. The maximum atomic E-state index is 13.2. The third-order valence-electron chi connectivity index (χ3n) is 6.61. The number of ether oxygens (including phenoxy) is 1. The van der Waals surface area contributed by atoms with Crippen molar-refractivity contribution in [3.63, 3.8) is 0 Å². The maximum absolute atomic E-state index is 13.2. The van der Waals surface area contributed by atoms with E-state index in [0.717, 1.165) is 42.2 Å². The molecule has 1 atom stereocenters. The second-order valence-corrected chi connectivity index (χ2v) is 8.90. The molecule has 190 valence electrons. The van der Waals surface area contributed by atoms with Crippen molar-refractivity contribution in [3.8, 4) is 17.0 Å². The predicted molar refractivity (Wildman–Crippen MR) is 137 cm³/mol. The van der Waals surface area contributed by atoms with E-state index in [-0.39, 0.29) is 30.2 Å². The molecule has 36 heavy (non-hydrogen) atoms. The van der Waals surface area contributed by atoms with E-state index in [0.29, 0.717) is 19.6 Å². The first-order valence-corrected chi connectivity index (χ1v) is 12.4. The maximum Gasteiger partial charge on any atom is 0.290 e. The Morgan fingerprint density at radius 3 is 2.64 bits per heavy atom. The summed E-state index contributed by atoms with van der Waals surface area (Å²) in [6.07, 6.45) is 3.03. The van der Waals surface area contributed by atoms with Gasteiger partial charge in [-0.15, -0.1) is 10.2 Å². The number of hydrogen-bond acceptors (Lipinski definition) is 7. The van der Waals surface area contributed by atoms with Crippen LogP contribution in [-0.4, -0.2) is 77.7 Å². The van der Waals surface area contributed by atoms with E-state index in [1.807, 2.05) is 55.1 Å². The Hall–Kier alpha value is -3.88. The van der Waals surface area contributed by atoms with Crippen LogP contribution in [0.15, 0.2) is 59.2 Å². The fourth-order valence-corrected chi connectivity index (χ4v) is 4.26. The minimum absolute atomic E-state index is 0.0313. The number of nitrogens with zero attached hydrogens (tertiary/aromatic N) is 5. The van der Waals surface area contributed by atoms with Gasteiger partial charge in [0, 0.05) is 37.8 Å². The molecule has 1 aliphatic heterocycles. The molecule has 1 saturated heterocycles. The molecule has 1 aromatic carbocycles. The average molecular weight is 492 g/mol. The SMILES string of the molecule is CC[C@H](C)N(CC(=O)N1CCCN(c2ccc(-c3cccc(OC)c3)nn2)CC1)C(=O)c1ccco1. The number of rotatable bonds is 8. The fourth-order valence-electron chi connectivity index (χ4n) is 4.26. The van der Waals surface area contributed by atoms with Crippen LogP contribution in [0.2, 0.25) is 0 Å². The first-order chi connectivity index (χ1) is 17.5. The third-order valence-corrected chi connectivity index (χ3v) is 6.61. The molecule has 1 aliphatic rings. The zero-order chi connectivity index (χ0) is 25.5. The number of hydrogen-bond donors (Lipinski definition) is 0. The van der Waals surface area contributed by atoms with Gasteiger partial charge in [0.2, 0.25) is 5.91 Å². The lowest BCUT2D eigenvalue weighted by molar-refractivity contribution is -0.132. The molecule has 3 aromatic rings. The Balaban J connectivity index is 1.38. The zero-order valence-corrected chi connectivity index (χ0v) is 21.1. The molecular weight excluding hydrogens is 458 g/mol. The lowest BCUT2D eigenvalue weighted by atomic mass is 10.1. The number of amides is 2. The largest absolute Gasteiger partial charge is 0.497 e. The average Bonchev–Trinajstić information content (AvgIpc) is 3.35. The smallest absolute Gasteiger partial charge is 0.290 e. The van der Waals surface area contributed by atoms with Crippen molar-refractivity contribution in [2.45, 2.75) is 32.7 Å². The van der Waals surface area contributed by atoms with Gasteiger partial charge in [-0.3, -0.25) is 9.59 Å². The number of furan rings is 1. The van der Waals surface area contributed by atoms with Crippen molar-refractivity contribution in [3.05, 3.63) is 60.6 Å². The Morgan fingerprint density at radius 2 is 1.94 bits per heavy atom. The molecule has 9 nitrogen and oxygen atoms in total. The molecule has 2 aromatic heterocycles. The number of methoxy groups -OCH3 is 1. The van der Waals surface area contributed by atoms with Crippen molar-refractivity contribution >= 4 is 17.6 Å². The minimum atomic E-state index is -0.259. The highest BCUT2D eigenvalue weighted by atomic mass is 16.5. The van der Waals surface area contributed by atoms with Crippen LogP contribution >= 0.6 is 0 Å². The summed E-state index contributed by atoms with van der Waals surface area (Å²) in [5.74, 6) is 1.49. The van der Waals surface area contributed by atoms with E-state index >= 15 is 0 Å². The van der Waals surface area contributed by atoms with Gasteiger partial charge in [0.05, 0.1) is 19.1 Å². The lowest BCUT2D eigenvalue weighted by Gasteiger charge is -2.30. The molecule has 4 rings (SSSR count). The van der Waals surface area contributed by atoms with Gasteiger partial charge < -0.3 is 23.9 Å². The lowest BCUT2D eigenvalue weighted by Crippen LogP contribution is -2.47. The summed E-state index contributed by atoms with van der Waals surface area (Å²) in [7, 11) is 1.64. The molecule has 1 fully saturated rings. The normalized spacial score (nSPS) is 14.8. The summed E-state index contributed by atoms with van der Waals surface area (Å²) in [5.41, 5.74) is 1.71. The number of benzene rings is 1. The Kier molecular flexibility index (Phi) is 8.20. The number of aromatic nitrogens is 2. The van der Waals surface area contributed by atoms with Crippen molar-refractivity contribution in [1.29, 1.82) is 0 Å². The van der Waals surface area contributed by atoms with Crippen molar-refractivity contribution in [2.75, 3.05) is 44.7 Å². The van der Waals surface area contributed by atoms with Gasteiger partial charge in [0.1, 0.15) is 12.3 Å². The van der Waals surface area contributed by atoms with Gasteiger partial charge in [-0.2, -0.15) is 0 Å². The molecule has 0 radical (unpaired) electrons. The van der Waals surface area contributed by atoms with Crippen LogP contribution in [0.25, 0.3) is 11.3 Å². The highest BCUT2D eigenvalue weighted by Gasteiger charge is 2.28. The second-order valence-electron chi connectivity index (χ2n) is 8.90. The van der Waals surface area contributed by atoms with Crippen LogP contribution in [0, 0.1) is 0 Å². The van der Waals surface area contributed by atoms with Gasteiger partial charge in [0.15, 0.2) is 11.6 Å². The minimum Gasteiger partial charge on any atom is -0.497 e. The molecule has 9 heteroatoms. The summed E-state index contributed by atoms with van der Waals surface area (Å²) in [5, 5.41) is 8.86. The van der Waals surface area contributed by atoms with Crippen LogP contribution in [0.4, 0.5) is 5.82 Å². The van der Waals surface area contributed by atoms with Gasteiger partial charge in [-0.05, 0) is 56.2 Å². The summed E-state index contributed by atoms with van der Waals surface area (Å²) in [6.45, 7) is 6.60. The molecule has 0 spiro atoms. The summed E-state index contributed by atoms with van der Waals surface area (Å²) < 4.78 is 10.6. The van der Waals surface area contributed by atoms with Gasteiger partial charge in [0.25, 0.3) is 5.91 Å². The Bertz CT molecular complexity index is 1150. The van der Waals surface area contributed by atoms with Crippen molar-refractivity contribution < 1.29 is 18.7 Å². The summed E-state index contributed by atoms with van der Waals surface area (Å²) in [4.78, 5) is 31.7. The molecule has 3 heterocycles. The Labute approximate surface area is 211 Å². The van der Waals surface area contributed by atoms with Gasteiger partial charge in [-0.25, -0.2) is 0 Å². The van der Waals surface area contributed by atoms with Crippen LogP contribution in [0.3, 0.4) is 0 Å². The topological polar surface area (TPSA) is 92.0 Å². The van der Waals surface area contributed by atoms with E-state index in [1.165, 1.54) is 6.26 Å². The van der Waals surface area contributed by atoms with E-state index in [2.05, 4.69) is 15.1 Å². The highest BCUT2D eigenvalue weighted by Crippen LogP contribution is 2.23. The standard InChI is InChI=1S/C27H33N5O4/c1-4-20(2)32(27(34)24-10-6-17-36-24)19-26(33)31-14-7-13-30(15-16-31)25-12-11-23(28-29-25)21-8-5-9-22(18-21)35-3/h5-6,8-12,17-18,20H,4,7,13-16,19H2,1-3H3/t20-/m0/s1. The van der Waals surface area contributed by atoms with E-state index < -0.39 is 0 Å². The van der Waals surface area contributed by atoms with Crippen molar-refractivity contribution in [1.82, 2.24) is 20.0 Å². The van der Waals surface area contributed by atoms with Crippen molar-refractivity contribution in [2.24, 2.45) is 0 Å². The molecule has 2 amide bonds. The van der Waals surface area contributed by atoms with Crippen LogP contribution < -0.4 is 9.64 Å². The van der Waals surface area contributed by atoms with Gasteiger partial charge in [-0.1, -0.05) is 19.1 Å². The third kappa shape index (κ3) is 5.84. The second kappa shape index (κ2) is 11.7. The summed E-state index contributed by atoms with van der Waals surface area (Å²) in [6, 6.07) is 14.9. The first kappa shape index (κ1) is 25.2. The van der Waals surface area contributed by atoms with E-state index in [4.69, 9.17) is 9.15 Å². The first-order valence-electron chi connectivity index (χ1n) is 12.4. The zero-order valence-electron chi connectivity index (χ0n) is 21.1. The van der Waals surface area contributed by atoms with Crippen LogP contribution in [0.5, 0.6) is 5.75 Å². The highest BCUT2D eigenvalue weighted by molar-refractivity contribution is 5.94. The fraction of sp³-hybridized carbons (Fsp3) is 0.407.